The van der Waals surface area contributed by atoms with Crippen LogP contribution >= 0.6 is 15.9 Å². The molecule has 6 heteroatoms. The average molecular weight is 323 g/mol. The molecule has 0 saturated carbocycles. The number of ether oxygens (including phenoxy) is 1. The zero-order valence-electron chi connectivity index (χ0n) is 9.91. The first-order chi connectivity index (χ1) is 8.23. The summed E-state index contributed by atoms with van der Waals surface area (Å²) in [6.45, 7) is 2.13. The molecule has 0 fully saturated rings. The van der Waals surface area contributed by atoms with Crippen molar-refractivity contribution in [2.24, 2.45) is 0 Å². The largest absolute Gasteiger partial charge is 0.461 e. The minimum atomic E-state index is -4.02. The van der Waals surface area contributed by atoms with E-state index in [2.05, 4.69) is 20.7 Å². The van der Waals surface area contributed by atoms with E-state index >= 15 is 0 Å². The smallest absolute Gasteiger partial charge is 0.380 e. The Morgan fingerprint density at radius 2 is 1.89 bits per heavy atom. The van der Waals surface area contributed by atoms with E-state index in [-0.39, 0.29) is 12.2 Å². The maximum Gasteiger partial charge on any atom is 0.380 e. The first-order valence-electron chi connectivity index (χ1n) is 5.27. The number of carbonyl (C=O) groups excluding carboxylic acids is 1. The molecule has 0 aliphatic heterocycles. The molecular formula is C12H13BrF2O3. The molecule has 0 radical (unpaired) electrons. The van der Waals surface area contributed by atoms with Crippen LogP contribution in [0.5, 0.6) is 0 Å². The molecule has 0 bridgehead atoms. The molecule has 100 valence electrons. The molecule has 18 heavy (non-hydrogen) atoms. The highest BCUT2D eigenvalue weighted by Gasteiger charge is 2.57. The zero-order chi connectivity index (χ0) is 14.0. The molecule has 1 aromatic rings. The Kier molecular flexibility index (Phi) is 4.45. The second-order valence-corrected chi connectivity index (χ2v) is 4.79. The summed E-state index contributed by atoms with van der Waals surface area (Å²) >= 11 is 3.16. The van der Waals surface area contributed by atoms with Gasteiger partial charge in [-0.1, -0.05) is 28.1 Å². The molecule has 3 nitrogen and oxygen atoms in total. The molecule has 0 aliphatic rings. The van der Waals surface area contributed by atoms with Gasteiger partial charge in [-0.2, -0.15) is 8.78 Å². The van der Waals surface area contributed by atoms with Gasteiger partial charge in [0.15, 0.2) is 5.60 Å². The van der Waals surface area contributed by atoms with Gasteiger partial charge < -0.3 is 9.84 Å². The number of alkyl halides is 2. The summed E-state index contributed by atoms with van der Waals surface area (Å²) in [5, 5.41) is 9.94. The number of hydrogen-bond donors (Lipinski definition) is 1. The minimum absolute atomic E-state index is 0.0660. The van der Waals surface area contributed by atoms with Crippen molar-refractivity contribution >= 4 is 21.9 Å². The number of rotatable bonds is 4. The Hall–Kier alpha value is -1.01. The summed E-state index contributed by atoms with van der Waals surface area (Å²) in [6.07, 6.45) is 0. The second-order valence-electron chi connectivity index (χ2n) is 3.87. The average Bonchev–Trinajstić information content (AvgIpc) is 2.29. The standard InChI is InChI=1S/C12H13BrF2O3/c1-3-18-10(16)12(14,15)11(2,17)8-4-6-9(13)7-5-8/h4-7,17H,3H2,1-2H3. The van der Waals surface area contributed by atoms with Gasteiger partial charge in [-0.15, -0.1) is 0 Å². The summed E-state index contributed by atoms with van der Waals surface area (Å²) in [7, 11) is 0. The van der Waals surface area contributed by atoms with Gasteiger partial charge in [0.1, 0.15) is 0 Å². The van der Waals surface area contributed by atoms with Gasteiger partial charge in [-0.05, 0) is 31.5 Å². The molecule has 0 spiro atoms. The molecule has 1 aromatic carbocycles. The van der Waals surface area contributed by atoms with Crippen molar-refractivity contribution in [3.63, 3.8) is 0 Å². The third-order valence-electron chi connectivity index (χ3n) is 2.55. The fraction of sp³-hybridized carbons (Fsp3) is 0.417. The Balaban J connectivity index is 3.11. The number of benzene rings is 1. The van der Waals surface area contributed by atoms with E-state index in [0.717, 1.165) is 6.92 Å². The van der Waals surface area contributed by atoms with Crippen molar-refractivity contribution in [2.45, 2.75) is 25.4 Å². The molecule has 1 rings (SSSR count). The lowest BCUT2D eigenvalue weighted by atomic mass is 9.89. The number of aliphatic hydroxyl groups is 1. The van der Waals surface area contributed by atoms with Crippen LogP contribution in [0.2, 0.25) is 0 Å². The molecule has 0 saturated heterocycles. The monoisotopic (exact) mass is 322 g/mol. The van der Waals surface area contributed by atoms with Gasteiger partial charge >= 0.3 is 11.9 Å². The lowest BCUT2D eigenvalue weighted by Gasteiger charge is -2.31. The lowest BCUT2D eigenvalue weighted by Crippen LogP contribution is -2.49. The van der Waals surface area contributed by atoms with Crippen LogP contribution in [0.15, 0.2) is 28.7 Å². The summed E-state index contributed by atoms with van der Waals surface area (Å²) in [5.41, 5.74) is -2.69. The SMILES string of the molecule is CCOC(=O)C(F)(F)C(C)(O)c1ccc(Br)cc1. The summed E-state index contributed by atoms with van der Waals surface area (Å²) in [6, 6.07) is 5.64. The molecule has 0 aromatic heterocycles. The minimum Gasteiger partial charge on any atom is -0.461 e. The maximum absolute atomic E-state index is 13.8. The molecule has 1 N–H and O–H groups in total. The van der Waals surface area contributed by atoms with E-state index in [1.54, 1.807) is 0 Å². The molecule has 0 heterocycles. The quantitative estimate of drug-likeness (QED) is 0.867. The van der Waals surface area contributed by atoms with Crippen molar-refractivity contribution in [3.05, 3.63) is 34.3 Å². The van der Waals surface area contributed by atoms with Gasteiger partial charge in [0.2, 0.25) is 0 Å². The van der Waals surface area contributed by atoms with Crippen LogP contribution in [-0.2, 0) is 15.1 Å². The lowest BCUT2D eigenvalue weighted by molar-refractivity contribution is -0.212. The first kappa shape index (κ1) is 15.0. The van der Waals surface area contributed by atoms with Gasteiger partial charge in [-0.25, -0.2) is 4.79 Å². The highest BCUT2D eigenvalue weighted by Crippen LogP contribution is 2.38. The van der Waals surface area contributed by atoms with E-state index in [1.165, 1.54) is 31.2 Å². The Morgan fingerprint density at radius 3 is 2.33 bits per heavy atom. The molecular weight excluding hydrogens is 310 g/mol. The van der Waals surface area contributed by atoms with Gasteiger partial charge in [0.05, 0.1) is 6.61 Å². The van der Waals surface area contributed by atoms with Gasteiger partial charge in [0.25, 0.3) is 0 Å². The number of halogens is 3. The Morgan fingerprint density at radius 1 is 1.39 bits per heavy atom. The summed E-state index contributed by atoms with van der Waals surface area (Å²) in [4.78, 5) is 11.2. The Labute approximate surface area is 112 Å². The molecule has 0 aliphatic carbocycles. The molecule has 0 amide bonds. The summed E-state index contributed by atoms with van der Waals surface area (Å²) < 4.78 is 32.6. The molecule has 1 unspecified atom stereocenters. The maximum atomic E-state index is 13.8. The zero-order valence-corrected chi connectivity index (χ0v) is 11.5. The number of hydrogen-bond acceptors (Lipinski definition) is 3. The van der Waals surface area contributed by atoms with Crippen molar-refractivity contribution in [2.75, 3.05) is 6.61 Å². The predicted molar refractivity (Wildman–Crippen MR) is 65.3 cm³/mol. The van der Waals surface area contributed by atoms with Crippen LogP contribution in [0.25, 0.3) is 0 Å². The van der Waals surface area contributed by atoms with Crippen molar-refractivity contribution in [3.8, 4) is 0 Å². The third-order valence-corrected chi connectivity index (χ3v) is 3.08. The highest BCUT2D eigenvalue weighted by atomic mass is 79.9. The predicted octanol–water partition coefficient (Wildman–Crippen LogP) is 2.86. The van der Waals surface area contributed by atoms with Crippen LogP contribution in [0.4, 0.5) is 8.78 Å². The number of carbonyl (C=O) groups is 1. The van der Waals surface area contributed by atoms with Crippen LogP contribution < -0.4 is 0 Å². The van der Waals surface area contributed by atoms with Crippen LogP contribution in [0, 0.1) is 0 Å². The van der Waals surface area contributed by atoms with E-state index in [4.69, 9.17) is 0 Å². The van der Waals surface area contributed by atoms with Crippen LogP contribution in [-0.4, -0.2) is 23.6 Å². The van der Waals surface area contributed by atoms with Crippen LogP contribution in [0.1, 0.15) is 19.4 Å². The van der Waals surface area contributed by atoms with Crippen molar-refractivity contribution in [1.82, 2.24) is 0 Å². The van der Waals surface area contributed by atoms with Gasteiger partial charge in [-0.3, -0.25) is 0 Å². The van der Waals surface area contributed by atoms with Gasteiger partial charge in [0, 0.05) is 4.47 Å². The van der Waals surface area contributed by atoms with E-state index in [1.807, 2.05) is 0 Å². The van der Waals surface area contributed by atoms with Crippen LogP contribution in [0.3, 0.4) is 0 Å². The Bertz CT molecular complexity index is 429. The topological polar surface area (TPSA) is 46.5 Å². The normalized spacial score (nSPS) is 15.0. The fourth-order valence-corrected chi connectivity index (χ4v) is 1.64. The second kappa shape index (κ2) is 5.32. The van der Waals surface area contributed by atoms with E-state index in [9.17, 15) is 18.7 Å². The fourth-order valence-electron chi connectivity index (χ4n) is 1.38. The van der Waals surface area contributed by atoms with Crippen molar-refractivity contribution < 1.29 is 23.4 Å². The third kappa shape index (κ3) is 2.70. The van der Waals surface area contributed by atoms with E-state index < -0.39 is 17.5 Å². The highest BCUT2D eigenvalue weighted by molar-refractivity contribution is 9.10. The van der Waals surface area contributed by atoms with Crippen molar-refractivity contribution in [1.29, 1.82) is 0 Å². The summed E-state index contributed by atoms with van der Waals surface area (Å²) in [5.74, 6) is -5.76. The van der Waals surface area contributed by atoms with E-state index in [0.29, 0.717) is 4.47 Å². The molecule has 1 atom stereocenters. The number of esters is 1. The first-order valence-corrected chi connectivity index (χ1v) is 6.06.